The van der Waals surface area contributed by atoms with Gasteiger partial charge in [-0.05, 0) is 6.92 Å². The van der Waals surface area contributed by atoms with Gasteiger partial charge in [0.15, 0.2) is 0 Å². The van der Waals surface area contributed by atoms with Crippen molar-refractivity contribution in [2.24, 2.45) is 0 Å². The van der Waals surface area contributed by atoms with Gasteiger partial charge in [0.1, 0.15) is 22.8 Å². The maximum Gasteiger partial charge on any atom is 0.459 e. The standard InChI is InChI=1S/C9H5ClF5N3/c1-4-7(10)18-3-16-5(2-6(18)17-4)8(11,12)9(13,14)15/h2-3H,1H3. The van der Waals surface area contributed by atoms with Crippen LogP contribution in [0.15, 0.2) is 12.4 Å². The molecule has 2 aromatic heterocycles. The van der Waals surface area contributed by atoms with Gasteiger partial charge in [0.2, 0.25) is 0 Å². The van der Waals surface area contributed by atoms with Crippen LogP contribution in [0.2, 0.25) is 5.15 Å². The summed E-state index contributed by atoms with van der Waals surface area (Å²) in [7, 11) is 0. The molecule has 0 unspecified atom stereocenters. The zero-order valence-electron chi connectivity index (χ0n) is 8.76. The SMILES string of the molecule is Cc1nc2cc(C(F)(F)C(F)(F)F)ncn2c1Cl. The maximum absolute atomic E-state index is 13.0. The molecule has 0 saturated heterocycles. The van der Waals surface area contributed by atoms with Crippen LogP contribution in [0.3, 0.4) is 0 Å². The second kappa shape index (κ2) is 3.78. The molecule has 0 aliphatic heterocycles. The van der Waals surface area contributed by atoms with Crippen molar-refractivity contribution in [3.05, 3.63) is 28.9 Å². The zero-order chi connectivity index (χ0) is 13.7. The minimum atomic E-state index is -5.70. The van der Waals surface area contributed by atoms with Gasteiger partial charge in [0, 0.05) is 6.07 Å². The van der Waals surface area contributed by atoms with E-state index in [1.807, 2.05) is 0 Å². The second-order valence-corrected chi connectivity index (χ2v) is 3.92. The first kappa shape index (κ1) is 13.0. The van der Waals surface area contributed by atoms with Gasteiger partial charge in [-0.2, -0.15) is 22.0 Å². The molecule has 9 heteroatoms. The summed E-state index contributed by atoms with van der Waals surface area (Å²) in [6.45, 7) is 1.50. The van der Waals surface area contributed by atoms with Crippen molar-refractivity contribution in [2.75, 3.05) is 0 Å². The minimum Gasteiger partial charge on any atom is -0.273 e. The first-order chi connectivity index (χ1) is 8.14. The van der Waals surface area contributed by atoms with E-state index < -0.39 is 17.8 Å². The number of alkyl halides is 5. The van der Waals surface area contributed by atoms with Crippen molar-refractivity contribution in [2.45, 2.75) is 19.0 Å². The smallest absolute Gasteiger partial charge is 0.273 e. The molecule has 0 aromatic carbocycles. The molecule has 18 heavy (non-hydrogen) atoms. The van der Waals surface area contributed by atoms with Gasteiger partial charge >= 0.3 is 12.1 Å². The molecule has 0 N–H and O–H groups in total. The molecular weight excluding hydrogens is 281 g/mol. The van der Waals surface area contributed by atoms with Gasteiger partial charge in [0.05, 0.1) is 5.69 Å². The summed E-state index contributed by atoms with van der Waals surface area (Å²) in [5.74, 6) is -5.03. The Labute approximate surface area is 102 Å². The molecule has 0 saturated carbocycles. The molecule has 0 amide bonds. The van der Waals surface area contributed by atoms with Crippen LogP contribution in [0.1, 0.15) is 11.4 Å². The highest BCUT2D eigenvalue weighted by atomic mass is 35.5. The highest BCUT2D eigenvalue weighted by molar-refractivity contribution is 6.30. The third kappa shape index (κ3) is 1.80. The van der Waals surface area contributed by atoms with Gasteiger partial charge in [-0.15, -0.1) is 0 Å². The molecule has 0 aliphatic carbocycles. The number of fused-ring (bicyclic) bond motifs is 1. The number of aromatic nitrogens is 3. The first-order valence-corrected chi connectivity index (χ1v) is 4.97. The Hall–Kier alpha value is -1.44. The summed E-state index contributed by atoms with van der Waals surface area (Å²) in [5.41, 5.74) is -1.22. The van der Waals surface area contributed by atoms with Crippen molar-refractivity contribution < 1.29 is 22.0 Å². The number of hydrogen-bond donors (Lipinski definition) is 0. The third-order valence-corrected chi connectivity index (χ3v) is 2.75. The molecule has 0 fully saturated rings. The molecular formula is C9H5ClF5N3. The largest absolute Gasteiger partial charge is 0.459 e. The van der Waals surface area contributed by atoms with Crippen molar-refractivity contribution in [3.8, 4) is 0 Å². The molecule has 0 aliphatic rings. The lowest BCUT2D eigenvalue weighted by atomic mass is 10.2. The summed E-state index contributed by atoms with van der Waals surface area (Å²) in [6, 6.07) is 0.562. The average molecular weight is 286 g/mol. The lowest BCUT2D eigenvalue weighted by Gasteiger charge is -2.18. The maximum atomic E-state index is 13.0. The highest BCUT2D eigenvalue weighted by Crippen LogP contribution is 2.43. The van der Waals surface area contributed by atoms with E-state index in [0.717, 1.165) is 10.7 Å². The van der Waals surface area contributed by atoms with Crippen LogP contribution >= 0.6 is 11.6 Å². The summed E-state index contributed by atoms with van der Waals surface area (Å²) < 4.78 is 63.7. The van der Waals surface area contributed by atoms with E-state index in [2.05, 4.69) is 9.97 Å². The van der Waals surface area contributed by atoms with Crippen LogP contribution in [-0.2, 0) is 5.92 Å². The van der Waals surface area contributed by atoms with Gasteiger partial charge < -0.3 is 0 Å². The van der Waals surface area contributed by atoms with E-state index in [9.17, 15) is 22.0 Å². The molecule has 0 spiro atoms. The summed E-state index contributed by atoms with van der Waals surface area (Å²) in [5, 5.41) is 0.111. The molecule has 0 radical (unpaired) electrons. The Bertz CT molecular complexity index is 604. The summed E-state index contributed by atoms with van der Waals surface area (Å²) >= 11 is 5.75. The van der Waals surface area contributed by atoms with Crippen LogP contribution < -0.4 is 0 Å². The number of halogens is 6. The quantitative estimate of drug-likeness (QED) is 0.752. The van der Waals surface area contributed by atoms with E-state index in [1.54, 1.807) is 0 Å². The van der Waals surface area contributed by atoms with Gasteiger partial charge in [0.25, 0.3) is 0 Å². The fourth-order valence-corrected chi connectivity index (χ4v) is 1.53. The lowest BCUT2D eigenvalue weighted by molar-refractivity contribution is -0.290. The molecule has 3 nitrogen and oxygen atoms in total. The van der Waals surface area contributed by atoms with Crippen LogP contribution in [0.5, 0.6) is 0 Å². The van der Waals surface area contributed by atoms with Crippen molar-refractivity contribution >= 4 is 17.2 Å². The molecule has 98 valence electrons. The normalized spacial score (nSPS) is 13.3. The van der Waals surface area contributed by atoms with E-state index >= 15 is 0 Å². The second-order valence-electron chi connectivity index (χ2n) is 3.56. The average Bonchev–Trinajstić information content (AvgIpc) is 2.53. The van der Waals surface area contributed by atoms with Crippen molar-refractivity contribution in [1.29, 1.82) is 0 Å². The number of rotatable bonds is 1. The third-order valence-electron chi connectivity index (χ3n) is 2.29. The number of hydrogen-bond acceptors (Lipinski definition) is 2. The Morgan fingerprint density at radius 2 is 1.83 bits per heavy atom. The van der Waals surface area contributed by atoms with Gasteiger partial charge in [-0.3, -0.25) is 4.40 Å². The van der Waals surface area contributed by atoms with Crippen LogP contribution in [0.25, 0.3) is 5.65 Å². The predicted molar refractivity (Wildman–Crippen MR) is 52.7 cm³/mol. The Balaban J connectivity index is 2.61. The molecule has 0 bridgehead atoms. The first-order valence-electron chi connectivity index (χ1n) is 4.60. The van der Waals surface area contributed by atoms with E-state index in [1.165, 1.54) is 6.92 Å². The van der Waals surface area contributed by atoms with Gasteiger partial charge in [-0.1, -0.05) is 11.6 Å². The molecule has 2 rings (SSSR count). The zero-order valence-corrected chi connectivity index (χ0v) is 9.52. The minimum absolute atomic E-state index is 0.111. The van der Waals surface area contributed by atoms with E-state index in [4.69, 9.17) is 11.6 Å². The fraction of sp³-hybridized carbons (Fsp3) is 0.333. The molecule has 2 aromatic rings. The summed E-state index contributed by atoms with van der Waals surface area (Å²) in [6.07, 6.45) is -4.92. The van der Waals surface area contributed by atoms with Crippen LogP contribution in [0.4, 0.5) is 22.0 Å². The Kier molecular flexibility index (Phi) is 2.73. The number of imidazole rings is 1. The Morgan fingerprint density at radius 3 is 2.39 bits per heavy atom. The number of aryl methyl sites for hydroxylation is 1. The van der Waals surface area contributed by atoms with E-state index in [-0.39, 0.29) is 10.8 Å². The van der Waals surface area contributed by atoms with Crippen molar-refractivity contribution in [3.63, 3.8) is 0 Å². The topological polar surface area (TPSA) is 30.2 Å². The molecule has 2 heterocycles. The fourth-order valence-electron chi connectivity index (χ4n) is 1.35. The lowest BCUT2D eigenvalue weighted by Crippen LogP contribution is -2.34. The van der Waals surface area contributed by atoms with Crippen molar-refractivity contribution in [1.82, 2.24) is 14.4 Å². The summed E-state index contributed by atoms with van der Waals surface area (Å²) in [4.78, 5) is 6.85. The monoisotopic (exact) mass is 285 g/mol. The number of nitrogens with zero attached hydrogens (tertiary/aromatic N) is 3. The predicted octanol–water partition coefficient (Wildman–Crippen LogP) is 3.35. The van der Waals surface area contributed by atoms with E-state index in [0.29, 0.717) is 11.8 Å². The van der Waals surface area contributed by atoms with Crippen LogP contribution in [-0.4, -0.2) is 20.5 Å². The Morgan fingerprint density at radius 1 is 1.22 bits per heavy atom. The van der Waals surface area contributed by atoms with Gasteiger partial charge in [-0.25, -0.2) is 9.97 Å². The molecule has 0 atom stereocenters. The highest BCUT2D eigenvalue weighted by Gasteiger charge is 2.60. The van der Waals surface area contributed by atoms with Crippen LogP contribution in [0, 0.1) is 6.92 Å².